The van der Waals surface area contributed by atoms with Crippen molar-refractivity contribution >= 4 is 43.2 Å². The van der Waals surface area contributed by atoms with Gasteiger partial charge in [0.1, 0.15) is 4.90 Å². The van der Waals surface area contributed by atoms with E-state index in [1.54, 1.807) is 0 Å². The van der Waals surface area contributed by atoms with Gasteiger partial charge in [0.25, 0.3) is 0 Å². The Labute approximate surface area is 137 Å². The van der Waals surface area contributed by atoms with Crippen molar-refractivity contribution in [1.29, 1.82) is 0 Å². The Hall–Kier alpha value is -0.370. The van der Waals surface area contributed by atoms with Crippen LogP contribution in [-0.4, -0.2) is 24.8 Å². The highest BCUT2D eigenvalue weighted by Gasteiger charge is 2.38. The average Bonchev–Trinajstić information content (AvgIpc) is 2.40. The maximum atomic E-state index is 14.3. The van der Waals surface area contributed by atoms with Gasteiger partial charge >= 0.3 is 0 Å². The van der Waals surface area contributed by atoms with Gasteiger partial charge < -0.3 is 5.73 Å². The largest absolute Gasteiger partial charge is 0.395 e. The van der Waals surface area contributed by atoms with Crippen LogP contribution in [0.5, 0.6) is 0 Å². The molecule has 1 aliphatic heterocycles. The molecule has 1 aromatic rings. The zero-order chi connectivity index (χ0) is 15.9. The Morgan fingerprint density at radius 1 is 1.38 bits per heavy atom. The number of anilines is 1. The summed E-state index contributed by atoms with van der Waals surface area (Å²) in [5, 5.41) is 0.0739. The van der Waals surface area contributed by atoms with Crippen molar-refractivity contribution in [3.63, 3.8) is 0 Å². The Kier molecular flexibility index (Phi) is 4.87. The Bertz CT molecular complexity index is 659. The summed E-state index contributed by atoms with van der Waals surface area (Å²) >= 11 is 8.98. The van der Waals surface area contributed by atoms with Crippen LogP contribution in [0.1, 0.15) is 33.1 Å². The minimum Gasteiger partial charge on any atom is -0.395 e. The SMILES string of the molecule is CC1CCCC(C)N1S(=O)(=O)c1cc(Cl)c(Br)c(N)c1F. The molecular formula is C13H17BrClFN2O2S. The van der Waals surface area contributed by atoms with Gasteiger partial charge in [-0.05, 0) is 48.7 Å². The molecule has 4 nitrogen and oxygen atoms in total. The van der Waals surface area contributed by atoms with Crippen LogP contribution in [0.15, 0.2) is 15.4 Å². The number of hydrogen-bond donors (Lipinski definition) is 1. The van der Waals surface area contributed by atoms with Gasteiger partial charge in [0.15, 0.2) is 5.82 Å². The predicted octanol–water partition coefficient (Wildman–Crippen LogP) is 3.78. The molecule has 0 bridgehead atoms. The van der Waals surface area contributed by atoms with Gasteiger partial charge in [-0.2, -0.15) is 4.31 Å². The van der Waals surface area contributed by atoms with E-state index in [4.69, 9.17) is 17.3 Å². The van der Waals surface area contributed by atoms with E-state index in [2.05, 4.69) is 15.9 Å². The molecule has 1 heterocycles. The zero-order valence-corrected chi connectivity index (χ0v) is 14.9. The summed E-state index contributed by atoms with van der Waals surface area (Å²) in [5.74, 6) is -0.962. The molecule has 0 aromatic heterocycles. The van der Waals surface area contributed by atoms with Gasteiger partial charge in [0.2, 0.25) is 10.0 Å². The number of rotatable bonds is 2. The summed E-state index contributed by atoms with van der Waals surface area (Å²) < 4.78 is 41.5. The summed E-state index contributed by atoms with van der Waals surface area (Å²) in [4.78, 5) is -0.464. The first-order valence-electron chi connectivity index (χ1n) is 6.64. The first kappa shape index (κ1) is 17.0. The third-order valence-electron chi connectivity index (χ3n) is 3.82. The van der Waals surface area contributed by atoms with Gasteiger partial charge in [-0.25, -0.2) is 12.8 Å². The Morgan fingerprint density at radius 2 is 1.90 bits per heavy atom. The van der Waals surface area contributed by atoms with Crippen LogP contribution < -0.4 is 5.73 Å². The first-order valence-corrected chi connectivity index (χ1v) is 9.25. The lowest BCUT2D eigenvalue weighted by atomic mass is 10.0. The molecule has 0 saturated carbocycles. The summed E-state index contributed by atoms with van der Waals surface area (Å²) in [7, 11) is -3.98. The van der Waals surface area contributed by atoms with Crippen LogP contribution in [-0.2, 0) is 10.0 Å². The van der Waals surface area contributed by atoms with Crippen molar-refractivity contribution in [2.45, 2.75) is 50.1 Å². The van der Waals surface area contributed by atoms with Crippen LogP contribution in [0.25, 0.3) is 0 Å². The number of piperidine rings is 1. The Morgan fingerprint density at radius 3 is 2.43 bits per heavy atom. The van der Waals surface area contributed by atoms with E-state index in [0.717, 1.165) is 25.3 Å². The first-order chi connectivity index (χ1) is 9.67. The molecule has 2 N–H and O–H groups in total. The van der Waals surface area contributed by atoms with E-state index < -0.39 is 20.7 Å². The monoisotopic (exact) mass is 398 g/mol. The van der Waals surface area contributed by atoms with Gasteiger partial charge in [-0.3, -0.25) is 0 Å². The second kappa shape index (κ2) is 6.02. The molecule has 0 radical (unpaired) electrons. The lowest BCUT2D eigenvalue weighted by Gasteiger charge is -2.37. The molecule has 1 aromatic carbocycles. The quantitative estimate of drug-likeness (QED) is 0.608. The van der Waals surface area contributed by atoms with Crippen LogP contribution in [0.4, 0.5) is 10.1 Å². The van der Waals surface area contributed by atoms with E-state index in [1.165, 1.54) is 4.31 Å². The Balaban J connectivity index is 2.59. The summed E-state index contributed by atoms with van der Waals surface area (Å²) in [6.07, 6.45) is 2.47. The molecule has 0 aliphatic carbocycles. The van der Waals surface area contributed by atoms with Crippen molar-refractivity contribution in [3.05, 3.63) is 21.4 Å². The zero-order valence-electron chi connectivity index (χ0n) is 11.7. The molecule has 21 heavy (non-hydrogen) atoms. The molecule has 118 valence electrons. The van der Waals surface area contributed by atoms with Crippen molar-refractivity contribution in [1.82, 2.24) is 4.31 Å². The van der Waals surface area contributed by atoms with Crippen LogP contribution >= 0.6 is 27.5 Å². The van der Waals surface area contributed by atoms with Gasteiger partial charge in [0, 0.05) is 12.1 Å². The maximum Gasteiger partial charge on any atom is 0.246 e. The van der Waals surface area contributed by atoms with Gasteiger partial charge in [-0.1, -0.05) is 18.0 Å². The summed E-state index contributed by atoms with van der Waals surface area (Å²) in [5.41, 5.74) is 5.30. The maximum absolute atomic E-state index is 14.3. The highest BCUT2D eigenvalue weighted by molar-refractivity contribution is 9.10. The predicted molar refractivity (Wildman–Crippen MR) is 85.3 cm³/mol. The molecule has 0 amide bonds. The fourth-order valence-corrected chi connectivity index (χ4v) is 5.33. The lowest BCUT2D eigenvalue weighted by molar-refractivity contribution is 0.203. The third kappa shape index (κ3) is 2.93. The molecule has 1 fully saturated rings. The van der Waals surface area contributed by atoms with Crippen molar-refractivity contribution in [3.8, 4) is 0 Å². The number of benzene rings is 1. The van der Waals surface area contributed by atoms with Gasteiger partial charge in [-0.15, -0.1) is 0 Å². The van der Waals surface area contributed by atoms with Crippen molar-refractivity contribution in [2.24, 2.45) is 0 Å². The number of sulfonamides is 1. The summed E-state index contributed by atoms with van der Waals surface area (Å²) in [6, 6.07) is 0.754. The van der Waals surface area contributed by atoms with Crippen LogP contribution in [0, 0.1) is 5.82 Å². The smallest absolute Gasteiger partial charge is 0.246 e. The molecule has 2 rings (SSSR count). The highest BCUT2D eigenvalue weighted by Crippen LogP contribution is 2.37. The third-order valence-corrected chi connectivity index (χ3v) is 7.33. The molecule has 8 heteroatoms. The lowest BCUT2D eigenvalue weighted by Crippen LogP contribution is -2.47. The second-order valence-electron chi connectivity index (χ2n) is 5.36. The number of nitrogens with zero attached hydrogens (tertiary/aromatic N) is 1. The van der Waals surface area contributed by atoms with E-state index in [-0.39, 0.29) is 27.3 Å². The molecule has 2 atom stereocenters. The molecule has 1 saturated heterocycles. The molecule has 1 aliphatic rings. The fourth-order valence-electron chi connectivity index (χ4n) is 2.77. The molecular weight excluding hydrogens is 383 g/mol. The topological polar surface area (TPSA) is 63.4 Å². The van der Waals surface area contributed by atoms with E-state index >= 15 is 0 Å². The van der Waals surface area contributed by atoms with Crippen LogP contribution in [0.3, 0.4) is 0 Å². The molecule has 0 spiro atoms. The molecule has 2 unspecified atom stereocenters. The minimum atomic E-state index is -3.98. The van der Waals surface area contributed by atoms with E-state index in [0.29, 0.717) is 0 Å². The second-order valence-corrected chi connectivity index (χ2v) is 8.37. The van der Waals surface area contributed by atoms with E-state index in [9.17, 15) is 12.8 Å². The normalized spacial score (nSPS) is 24.2. The minimum absolute atomic E-state index is 0.0739. The van der Waals surface area contributed by atoms with Gasteiger partial charge in [0.05, 0.1) is 15.2 Å². The van der Waals surface area contributed by atoms with E-state index in [1.807, 2.05) is 13.8 Å². The number of nitrogens with two attached hydrogens (primary N) is 1. The number of halogens is 3. The van der Waals surface area contributed by atoms with Crippen molar-refractivity contribution in [2.75, 3.05) is 5.73 Å². The highest BCUT2D eigenvalue weighted by atomic mass is 79.9. The average molecular weight is 400 g/mol. The number of hydrogen-bond acceptors (Lipinski definition) is 3. The fraction of sp³-hybridized carbons (Fsp3) is 0.538. The van der Waals surface area contributed by atoms with Crippen molar-refractivity contribution < 1.29 is 12.8 Å². The van der Waals surface area contributed by atoms with Crippen LogP contribution in [0.2, 0.25) is 5.02 Å². The summed E-state index contributed by atoms with van der Waals surface area (Å²) in [6.45, 7) is 3.66. The number of nitrogen functional groups attached to an aromatic ring is 1. The standard InChI is InChI=1S/C13H17BrClFN2O2S/c1-7-4-3-5-8(2)18(7)21(19,20)10-6-9(15)11(14)13(17)12(10)16/h6-8H,3-5,17H2,1-2H3.